The fourth-order valence-corrected chi connectivity index (χ4v) is 1.05. The van der Waals surface area contributed by atoms with Crippen LogP contribution in [-0.2, 0) is 9.59 Å². The summed E-state index contributed by atoms with van der Waals surface area (Å²) in [7, 11) is 0. The molecule has 0 saturated carbocycles. The van der Waals surface area contributed by atoms with Gasteiger partial charge in [-0.05, 0) is 6.42 Å². The van der Waals surface area contributed by atoms with Crippen LogP contribution in [0.2, 0.25) is 0 Å². The number of rotatable bonds is 8. The fraction of sp³-hybridized carbons (Fsp3) is 0.800. The lowest BCUT2D eigenvalue weighted by Crippen LogP contribution is -2.31. The summed E-state index contributed by atoms with van der Waals surface area (Å²) in [4.78, 5) is 21.6. The lowest BCUT2D eigenvalue weighted by Gasteiger charge is -2.08. The van der Waals surface area contributed by atoms with E-state index in [1.54, 1.807) is 0 Å². The average molecular weight is 215 g/mol. The van der Waals surface area contributed by atoms with E-state index in [0.29, 0.717) is 38.4 Å². The summed E-state index contributed by atoms with van der Waals surface area (Å²) >= 11 is 0. The number of carbonyl (C=O) groups excluding carboxylic acids is 2. The number of carbonyl (C=O) groups is 2. The van der Waals surface area contributed by atoms with Gasteiger partial charge in [-0.1, -0.05) is 13.8 Å². The smallest absolute Gasteiger partial charge is 0.221 e. The molecule has 5 nitrogen and oxygen atoms in total. The largest absolute Gasteiger partial charge is 0.370 e. The molecule has 0 unspecified atom stereocenters. The molecule has 0 atom stereocenters. The minimum absolute atomic E-state index is 0.00706. The Morgan fingerprint density at radius 3 is 2.40 bits per heavy atom. The number of nitrogens with one attached hydrogen (secondary N) is 2. The van der Waals surface area contributed by atoms with Crippen LogP contribution in [0.5, 0.6) is 0 Å². The molecule has 0 aromatic rings. The predicted molar refractivity (Wildman–Crippen MR) is 59.2 cm³/mol. The van der Waals surface area contributed by atoms with Crippen molar-refractivity contribution in [1.29, 1.82) is 0 Å². The fourth-order valence-electron chi connectivity index (χ4n) is 1.05. The quantitative estimate of drug-likeness (QED) is 0.488. The summed E-state index contributed by atoms with van der Waals surface area (Å²) in [6.45, 7) is 5.26. The molecule has 0 radical (unpaired) electrons. The predicted octanol–water partition coefficient (Wildman–Crippen LogP) is -0.244. The van der Waals surface area contributed by atoms with Crippen molar-refractivity contribution in [2.45, 2.75) is 39.2 Å². The third-order valence-corrected chi connectivity index (χ3v) is 1.83. The lowest BCUT2D eigenvalue weighted by atomic mass is 10.3. The van der Waals surface area contributed by atoms with E-state index in [2.05, 4.69) is 10.6 Å². The molecule has 0 bridgehead atoms. The first kappa shape index (κ1) is 13.9. The van der Waals surface area contributed by atoms with Gasteiger partial charge in [-0.15, -0.1) is 0 Å². The Labute approximate surface area is 90.8 Å². The standard InChI is InChI=1S/C10H21N3O2/c1-8(2)12-7-5-10(15)13-6-3-4-9(11)14/h8,12H,3-7H2,1-2H3,(H2,11,14)(H,13,15). The second-order valence-electron chi connectivity index (χ2n) is 3.78. The Bertz CT molecular complexity index is 205. The molecular weight excluding hydrogens is 194 g/mol. The molecule has 2 amide bonds. The van der Waals surface area contributed by atoms with Gasteiger partial charge in [-0.25, -0.2) is 0 Å². The minimum Gasteiger partial charge on any atom is -0.370 e. The maximum atomic E-state index is 11.2. The zero-order chi connectivity index (χ0) is 11.7. The minimum atomic E-state index is -0.328. The summed E-state index contributed by atoms with van der Waals surface area (Å²) in [6.07, 6.45) is 1.40. The summed E-state index contributed by atoms with van der Waals surface area (Å²) in [6, 6.07) is 0.396. The number of hydrogen-bond acceptors (Lipinski definition) is 3. The molecule has 0 aromatic heterocycles. The zero-order valence-electron chi connectivity index (χ0n) is 9.51. The SMILES string of the molecule is CC(C)NCCC(=O)NCCCC(N)=O. The van der Waals surface area contributed by atoms with Crippen LogP contribution in [0.3, 0.4) is 0 Å². The monoisotopic (exact) mass is 215 g/mol. The van der Waals surface area contributed by atoms with Crippen LogP contribution < -0.4 is 16.4 Å². The van der Waals surface area contributed by atoms with Crippen molar-refractivity contribution in [3.05, 3.63) is 0 Å². The molecule has 0 aliphatic carbocycles. The lowest BCUT2D eigenvalue weighted by molar-refractivity contribution is -0.121. The molecule has 5 heteroatoms. The van der Waals surface area contributed by atoms with Crippen molar-refractivity contribution in [2.75, 3.05) is 13.1 Å². The number of hydrogen-bond donors (Lipinski definition) is 3. The van der Waals surface area contributed by atoms with Crippen LogP contribution in [0.4, 0.5) is 0 Å². The summed E-state index contributed by atoms with van der Waals surface area (Å²) < 4.78 is 0. The van der Waals surface area contributed by atoms with E-state index in [1.807, 2.05) is 13.8 Å². The van der Waals surface area contributed by atoms with Crippen LogP contribution in [-0.4, -0.2) is 30.9 Å². The molecule has 4 N–H and O–H groups in total. The summed E-state index contributed by atoms with van der Waals surface area (Å²) in [5.41, 5.74) is 4.96. The van der Waals surface area contributed by atoms with Gasteiger partial charge >= 0.3 is 0 Å². The van der Waals surface area contributed by atoms with E-state index in [4.69, 9.17) is 5.73 Å². The highest BCUT2D eigenvalue weighted by Gasteiger charge is 2.01. The van der Waals surface area contributed by atoms with E-state index < -0.39 is 0 Å². The number of primary amides is 1. The first-order valence-corrected chi connectivity index (χ1v) is 5.30. The average Bonchev–Trinajstić information content (AvgIpc) is 2.11. The van der Waals surface area contributed by atoms with Crippen molar-refractivity contribution in [2.24, 2.45) is 5.73 Å². The maximum absolute atomic E-state index is 11.2. The molecule has 0 aliphatic rings. The van der Waals surface area contributed by atoms with Gasteiger partial charge < -0.3 is 16.4 Å². The van der Waals surface area contributed by atoms with Gasteiger partial charge in [0.1, 0.15) is 0 Å². The van der Waals surface area contributed by atoms with E-state index >= 15 is 0 Å². The molecule has 0 aliphatic heterocycles. The molecule has 0 rings (SSSR count). The van der Waals surface area contributed by atoms with E-state index in [1.165, 1.54) is 0 Å². The number of amides is 2. The Balaban J connectivity index is 3.30. The van der Waals surface area contributed by atoms with Crippen molar-refractivity contribution in [1.82, 2.24) is 10.6 Å². The Hall–Kier alpha value is -1.10. The van der Waals surface area contributed by atoms with Crippen LogP contribution in [0.1, 0.15) is 33.1 Å². The second-order valence-corrected chi connectivity index (χ2v) is 3.78. The third-order valence-electron chi connectivity index (χ3n) is 1.83. The second kappa shape index (κ2) is 8.23. The number of nitrogens with two attached hydrogens (primary N) is 1. The Kier molecular flexibility index (Phi) is 7.62. The van der Waals surface area contributed by atoms with Crippen LogP contribution in [0.25, 0.3) is 0 Å². The van der Waals surface area contributed by atoms with Gasteiger partial charge in [0, 0.05) is 32.0 Å². The van der Waals surface area contributed by atoms with Gasteiger partial charge in [-0.2, -0.15) is 0 Å². The van der Waals surface area contributed by atoms with Gasteiger partial charge in [0.15, 0.2) is 0 Å². The van der Waals surface area contributed by atoms with E-state index in [-0.39, 0.29) is 11.8 Å². The highest BCUT2D eigenvalue weighted by atomic mass is 16.2. The molecule has 0 saturated heterocycles. The summed E-state index contributed by atoms with van der Waals surface area (Å²) in [5.74, 6) is -0.321. The van der Waals surface area contributed by atoms with E-state index in [0.717, 1.165) is 0 Å². The van der Waals surface area contributed by atoms with Crippen LogP contribution in [0, 0.1) is 0 Å². The molecule has 0 heterocycles. The van der Waals surface area contributed by atoms with Gasteiger partial charge in [0.2, 0.25) is 11.8 Å². The van der Waals surface area contributed by atoms with Gasteiger partial charge in [0.05, 0.1) is 0 Å². The third kappa shape index (κ3) is 10.8. The topological polar surface area (TPSA) is 84.2 Å². The molecule has 0 spiro atoms. The van der Waals surface area contributed by atoms with Crippen molar-refractivity contribution in [3.8, 4) is 0 Å². The highest BCUT2D eigenvalue weighted by Crippen LogP contribution is 1.86. The molecule has 0 fully saturated rings. The van der Waals surface area contributed by atoms with Crippen LogP contribution in [0.15, 0.2) is 0 Å². The summed E-state index contributed by atoms with van der Waals surface area (Å²) in [5, 5.41) is 5.88. The van der Waals surface area contributed by atoms with Crippen molar-refractivity contribution >= 4 is 11.8 Å². The Morgan fingerprint density at radius 1 is 1.20 bits per heavy atom. The maximum Gasteiger partial charge on any atom is 0.221 e. The first-order valence-electron chi connectivity index (χ1n) is 5.30. The van der Waals surface area contributed by atoms with Crippen molar-refractivity contribution in [3.63, 3.8) is 0 Å². The van der Waals surface area contributed by atoms with Gasteiger partial charge in [0.25, 0.3) is 0 Å². The van der Waals surface area contributed by atoms with Crippen molar-refractivity contribution < 1.29 is 9.59 Å². The van der Waals surface area contributed by atoms with Crippen LogP contribution >= 0.6 is 0 Å². The van der Waals surface area contributed by atoms with E-state index in [9.17, 15) is 9.59 Å². The van der Waals surface area contributed by atoms with Gasteiger partial charge in [-0.3, -0.25) is 9.59 Å². The molecule has 15 heavy (non-hydrogen) atoms. The highest BCUT2D eigenvalue weighted by molar-refractivity contribution is 5.76. The molecule has 88 valence electrons. The normalized spacial score (nSPS) is 10.3. The Morgan fingerprint density at radius 2 is 1.87 bits per heavy atom. The molecular formula is C10H21N3O2. The molecule has 0 aromatic carbocycles. The first-order chi connectivity index (χ1) is 7.02. The zero-order valence-corrected chi connectivity index (χ0v) is 9.51.